The minimum atomic E-state index is 0.340. The minimum absolute atomic E-state index is 0.340. The molecule has 1 aliphatic rings. The second kappa shape index (κ2) is 5.17. The molecule has 1 N–H and O–H groups in total. The predicted molar refractivity (Wildman–Crippen MR) is 77.2 cm³/mol. The van der Waals surface area contributed by atoms with Gasteiger partial charge in [-0.25, -0.2) is 0 Å². The first-order valence-corrected chi connectivity index (χ1v) is 7.17. The van der Waals surface area contributed by atoms with E-state index in [2.05, 4.69) is 53.8 Å². The van der Waals surface area contributed by atoms with Gasteiger partial charge in [-0.3, -0.25) is 4.98 Å². The zero-order valence-corrected chi connectivity index (χ0v) is 11.7. The summed E-state index contributed by atoms with van der Waals surface area (Å²) in [4.78, 5) is 6.75. The van der Waals surface area contributed by atoms with Gasteiger partial charge >= 0.3 is 0 Å². The van der Waals surface area contributed by atoms with E-state index in [1.807, 2.05) is 12.4 Å². The van der Waals surface area contributed by atoms with Crippen LogP contribution in [0.25, 0.3) is 0 Å². The molecule has 94 valence electrons. The van der Waals surface area contributed by atoms with Crippen molar-refractivity contribution in [2.24, 2.45) is 0 Å². The molecular formula is C13H21N3S. The Hall–Kier alpha value is -0.900. The van der Waals surface area contributed by atoms with Crippen LogP contribution < -0.4 is 10.2 Å². The maximum atomic E-state index is 4.32. The van der Waals surface area contributed by atoms with Crippen LogP contribution in [0, 0.1) is 0 Å². The molecule has 1 aromatic rings. The maximum Gasteiger partial charge on any atom is 0.0574 e. The molecule has 0 atom stereocenters. The monoisotopic (exact) mass is 251 g/mol. The second-order valence-electron chi connectivity index (χ2n) is 4.99. The van der Waals surface area contributed by atoms with Crippen LogP contribution in [-0.4, -0.2) is 35.1 Å². The fourth-order valence-electron chi connectivity index (χ4n) is 2.14. The number of anilines is 2. The standard InChI is InChI=1S/C13H21N3S/c1-4-15-11-7-12(9-14-8-11)16-5-6-17-13(2,3)10-16/h7-9,15H,4-6,10H2,1-3H3. The molecule has 2 rings (SSSR count). The molecule has 0 saturated carbocycles. The van der Waals surface area contributed by atoms with E-state index in [9.17, 15) is 0 Å². The second-order valence-corrected chi connectivity index (χ2v) is 6.79. The molecule has 0 unspecified atom stereocenters. The van der Waals surface area contributed by atoms with Crippen LogP contribution in [0.1, 0.15) is 20.8 Å². The van der Waals surface area contributed by atoms with Gasteiger partial charge in [-0.1, -0.05) is 0 Å². The molecule has 1 aliphatic heterocycles. The normalized spacial score (nSPS) is 19.1. The lowest BCUT2D eigenvalue weighted by molar-refractivity contribution is 0.647. The Balaban J connectivity index is 2.13. The van der Waals surface area contributed by atoms with Gasteiger partial charge in [0.05, 0.1) is 23.8 Å². The van der Waals surface area contributed by atoms with Crippen LogP contribution in [0.2, 0.25) is 0 Å². The van der Waals surface area contributed by atoms with Crippen LogP contribution in [0.15, 0.2) is 18.5 Å². The van der Waals surface area contributed by atoms with E-state index in [0.717, 1.165) is 25.3 Å². The molecule has 4 heteroatoms. The number of nitrogens with zero attached hydrogens (tertiary/aromatic N) is 2. The molecule has 0 radical (unpaired) electrons. The van der Waals surface area contributed by atoms with Gasteiger partial charge in [0, 0.05) is 30.1 Å². The van der Waals surface area contributed by atoms with E-state index in [4.69, 9.17) is 0 Å². The van der Waals surface area contributed by atoms with Crippen molar-refractivity contribution in [3.05, 3.63) is 18.5 Å². The van der Waals surface area contributed by atoms with Gasteiger partial charge in [-0.15, -0.1) is 0 Å². The van der Waals surface area contributed by atoms with Crippen LogP contribution in [0.5, 0.6) is 0 Å². The summed E-state index contributed by atoms with van der Waals surface area (Å²) in [5.41, 5.74) is 2.35. The first-order chi connectivity index (χ1) is 8.11. The highest BCUT2D eigenvalue weighted by molar-refractivity contribution is 8.00. The number of pyridine rings is 1. The SMILES string of the molecule is CCNc1cncc(N2CCSC(C)(C)C2)c1. The zero-order valence-electron chi connectivity index (χ0n) is 10.9. The number of aromatic nitrogens is 1. The van der Waals surface area contributed by atoms with E-state index in [-0.39, 0.29) is 0 Å². The highest BCUT2D eigenvalue weighted by Gasteiger charge is 2.27. The summed E-state index contributed by atoms with van der Waals surface area (Å²) < 4.78 is 0.340. The molecule has 1 saturated heterocycles. The van der Waals surface area contributed by atoms with Crippen molar-refractivity contribution in [1.29, 1.82) is 0 Å². The minimum Gasteiger partial charge on any atom is -0.384 e. The molecule has 2 heterocycles. The number of rotatable bonds is 3. The average molecular weight is 251 g/mol. The predicted octanol–water partition coefficient (Wildman–Crippen LogP) is 2.85. The van der Waals surface area contributed by atoms with Crippen LogP contribution in [0.3, 0.4) is 0 Å². The quantitative estimate of drug-likeness (QED) is 0.894. The van der Waals surface area contributed by atoms with E-state index in [1.54, 1.807) is 0 Å². The van der Waals surface area contributed by atoms with Crippen molar-refractivity contribution in [1.82, 2.24) is 4.98 Å². The summed E-state index contributed by atoms with van der Waals surface area (Å²) in [6.07, 6.45) is 3.85. The van der Waals surface area contributed by atoms with Crippen molar-refractivity contribution in [3.63, 3.8) is 0 Å². The average Bonchev–Trinajstić information content (AvgIpc) is 2.28. The van der Waals surface area contributed by atoms with Crippen molar-refractivity contribution in [2.75, 3.05) is 35.6 Å². The third-order valence-corrected chi connectivity index (χ3v) is 4.19. The van der Waals surface area contributed by atoms with Crippen molar-refractivity contribution in [2.45, 2.75) is 25.5 Å². The van der Waals surface area contributed by atoms with Gasteiger partial charge < -0.3 is 10.2 Å². The fraction of sp³-hybridized carbons (Fsp3) is 0.615. The lowest BCUT2D eigenvalue weighted by Gasteiger charge is -2.38. The Morgan fingerprint density at radius 3 is 3.00 bits per heavy atom. The summed E-state index contributed by atoms with van der Waals surface area (Å²) in [7, 11) is 0. The Bertz CT molecular complexity index is 379. The number of thioether (sulfide) groups is 1. The lowest BCUT2D eigenvalue weighted by Crippen LogP contribution is -2.43. The largest absolute Gasteiger partial charge is 0.384 e. The van der Waals surface area contributed by atoms with Crippen molar-refractivity contribution >= 4 is 23.1 Å². The summed E-state index contributed by atoms with van der Waals surface area (Å²) in [5.74, 6) is 1.19. The van der Waals surface area contributed by atoms with Gasteiger partial charge in [0.15, 0.2) is 0 Å². The number of hydrogen-bond donors (Lipinski definition) is 1. The number of hydrogen-bond acceptors (Lipinski definition) is 4. The van der Waals surface area contributed by atoms with E-state index in [0.29, 0.717) is 4.75 Å². The molecule has 17 heavy (non-hydrogen) atoms. The first kappa shape index (κ1) is 12.6. The Kier molecular flexibility index (Phi) is 3.82. The van der Waals surface area contributed by atoms with Crippen LogP contribution in [-0.2, 0) is 0 Å². The number of nitrogens with one attached hydrogen (secondary N) is 1. The third-order valence-electron chi connectivity index (χ3n) is 2.90. The van der Waals surface area contributed by atoms with E-state index in [1.165, 1.54) is 11.4 Å². The molecule has 3 nitrogen and oxygen atoms in total. The van der Waals surface area contributed by atoms with Crippen molar-refractivity contribution < 1.29 is 0 Å². The van der Waals surface area contributed by atoms with E-state index >= 15 is 0 Å². The Labute approximate surface area is 108 Å². The molecule has 0 bridgehead atoms. The zero-order chi connectivity index (χ0) is 12.3. The molecule has 0 spiro atoms. The molecular weight excluding hydrogens is 230 g/mol. The van der Waals surface area contributed by atoms with Crippen LogP contribution in [0.4, 0.5) is 11.4 Å². The highest BCUT2D eigenvalue weighted by atomic mass is 32.2. The van der Waals surface area contributed by atoms with Gasteiger partial charge in [-0.05, 0) is 26.8 Å². The summed E-state index contributed by atoms with van der Waals surface area (Å²) in [5, 5.41) is 3.31. The molecule has 0 amide bonds. The summed E-state index contributed by atoms with van der Waals surface area (Å²) in [6, 6.07) is 2.20. The topological polar surface area (TPSA) is 28.2 Å². The summed E-state index contributed by atoms with van der Waals surface area (Å²) in [6.45, 7) is 9.87. The summed E-state index contributed by atoms with van der Waals surface area (Å²) >= 11 is 2.06. The highest BCUT2D eigenvalue weighted by Crippen LogP contribution is 2.32. The van der Waals surface area contributed by atoms with Gasteiger partial charge in [0.25, 0.3) is 0 Å². The molecule has 0 aromatic carbocycles. The third kappa shape index (κ3) is 3.28. The van der Waals surface area contributed by atoms with E-state index < -0.39 is 0 Å². The van der Waals surface area contributed by atoms with Crippen LogP contribution >= 0.6 is 11.8 Å². The molecule has 1 aromatic heterocycles. The molecule has 0 aliphatic carbocycles. The van der Waals surface area contributed by atoms with Gasteiger partial charge in [0.2, 0.25) is 0 Å². The van der Waals surface area contributed by atoms with Crippen molar-refractivity contribution in [3.8, 4) is 0 Å². The Morgan fingerprint density at radius 1 is 1.47 bits per heavy atom. The lowest BCUT2D eigenvalue weighted by atomic mass is 10.1. The first-order valence-electron chi connectivity index (χ1n) is 6.18. The van der Waals surface area contributed by atoms with Gasteiger partial charge in [0.1, 0.15) is 0 Å². The van der Waals surface area contributed by atoms with Gasteiger partial charge in [-0.2, -0.15) is 11.8 Å². The maximum absolute atomic E-state index is 4.32. The molecule has 1 fully saturated rings. The Morgan fingerprint density at radius 2 is 2.29 bits per heavy atom. The smallest absolute Gasteiger partial charge is 0.0574 e. The fourth-order valence-corrected chi connectivity index (χ4v) is 3.25.